The fraction of sp³-hybridized carbons (Fsp3) is 0.333. The lowest BCUT2D eigenvalue weighted by molar-refractivity contribution is -0.134. The van der Waals surface area contributed by atoms with E-state index in [-0.39, 0.29) is 23.8 Å². The number of ether oxygens (including phenoxy) is 1. The van der Waals surface area contributed by atoms with Gasteiger partial charge in [-0.25, -0.2) is 9.67 Å². The second kappa shape index (κ2) is 11.8. The molecule has 8 nitrogen and oxygen atoms in total. The molecule has 40 heavy (non-hydrogen) atoms. The number of piperazine rings is 1. The van der Waals surface area contributed by atoms with Gasteiger partial charge >= 0.3 is 0 Å². The molecule has 2 aromatic carbocycles. The molecule has 10 heteroatoms. The van der Waals surface area contributed by atoms with Crippen LogP contribution in [-0.2, 0) is 11.2 Å². The van der Waals surface area contributed by atoms with Crippen molar-refractivity contribution in [3.05, 3.63) is 82.0 Å². The van der Waals surface area contributed by atoms with Crippen molar-refractivity contribution < 1.29 is 14.3 Å². The van der Waals surface area contributed by atoms with Crippen molar-refractivity contribution in [2.24, 2.45) is 0 Å². The summed E-state index contributed by atoms with van der Waals surface area (Å²) in [4.78, 5) is 35.3. The lowest BCUT2D eigenvalue weighted by Crippen LogP contribution is -2.55. The van der Waals surface area contributed by atoms with Crippen molar-refractivity contribution in [1.29, 1.82) is 0 Å². The molecule has 0 radical (unpaired) electrons. The highest BCUT2D eigenvalue weighted by Gasteiger charge is 2.32. The molecule has 1 atom stereocenters. The number of nitrogens with zero attached hydrogens (tertiary/aromatic N) is 5. The van der Waals surface area contributed by atoms with Crippen molar-refractivity contribution in [3.63, 3.8) is 0 Å². The number of rotatable bonds is 7. The van der Waals surface area contributed by atoms with Gasteiger partial charge in [-0.1, -0.05) is 49.7 Å². The largest absolute Gasteiger partial charge is 0.497 e. The van der Waals surface area contributed by atoms with Crippen LogP contribution in [0, 0.1) is 0 Å². The monoisotopic (exact) mass is 577 g/mol. The van der Waals surface area contributed by atoms with Crippen LogP contribution in [0.25, 0.3) is 16.4 Å². The van der Waals surface area contributed by atoms with Gasteiger partial charge in [-0.3, -0.25) is 9.59 Å². The van der Waals surface area contributed by atoms with Gasteiger partial charge in [0.05, 0.1) is 36.7 Å². The normalized spacial score (nSPS) is 15.5. The standard InChI is InChI=1S/C30H32ClN5O3S/c1-19(2)28-25(16-32-36(28)30-33-26(18-40-30)22-7-9-23(31)10-8-22)29(38)34-13-14-35(20(3)17-34)27(37)15-21-5-11-24(39-4)12-6-21/h5-12,16,18-20H,13-15,17H2,1-4H3. The summed E-state index contributed by atoms with van der Waals surface area (Å²) in [5.74, 6) is 0.797. The second-order valence-corrected chi connectivity index (χ2v) is 11.5. The first-order chi connectivity index (χ1) is 19.2. The Kier molecular flexibility index (Phi) is 8.23. The van der Waals surface area contributed by atoms with Crippen LogP contribution in [0.1, 0.15) is 48.3 Å². The van der Waals surface area contributed by atoms with E-state index in [4.69, 9.17) is 21.3 Å². The Morgan fingerprint density at radius 3 is 2.48 bits per heavy atom. The fourth-order valence-electron chi connectivity index (χ4n) is 5.05. The van der Waals surface area contributed by atoms with E-state index < -0.39 is 0 Å². The summed E-state index contributed by atoms with van der Waals surface area (Å²) in [5.41, 5.74) is 4.14. The Labute approximate surface area is 243 Å². The van der Waals surface area contributed by atoms with Gasteiger partial charge in [-0.2, -0.15) is 5.10 Å². The molecule has 0 spiro atoms. The van der Waals surface area contributed by atoms with E-state index in [1.54, 1.807) is 18.0 Å². The van der Waals surface area contributed by atoms with Gasteiger partial charge in [0.25, 0.3) is 5.91 Å². The van der Waals surface area contributed by atoms with Crippen LogP contribution in [0.2, 0.25) is 5.02 Å². The van der Waals surface area contributed by atoms with E-state index in [2.05, 4.69) is 18.9 Å². The lowest BCUT2D eigenvalue weighted by Gasteiger charge is -2.40. The van der Waals surface area contributed by atoms with E-state index in [0.717, 1.165) is 28.3 Å². The Morgan fingerprint density at radius 2 is 1.82 bits per heavy atom. The number of hydrogen-bond acceptors (Lipinski definition) is 6. The molecule has 2 amide bonds. The summed E-state index contributed by atoms with van der Waals surface area (Å²) >= 11 is 7.52. The number of methoxy groups -OCH3 is 1. The molecule has 1 unspecified atom stereocenters. The zero-order chi connectivity index (χ0) is 28.4. The van der Waals surface area contributed by atoms with Gasteiger partial charge in [0.15, 0.2) is 0 Å². The predicted octanol–water partition coefficient (Wildman–Crippen LogP) is 5.70. The number of benzene rings is 2. The van der Waals surface area contributed by atoms with Crippen LogP contribution >= 0.6 is 22.9 Å². The molecule has 0 aliphatic carbocycles. The first-order valence-electron chi connectivity index (χ1n) is 13.3. The van der Waals surface area contributed by atoms with E-state index in [1.165, 1.54) is 11.3 Å². The van der Waals surface area contributed by atoms with Crippen molar-refractivity contribution in [1.82, 2.24) is 24.6 Å². The number of hydrogen-bond donors (Lipinski definition) is 0. The van der Waals surface area contributed by atoms with Crippen LogP contribution < -0.4 is 4.74 Å². The molecule has 0 bridgehead atoms. The van der Waals surface area contributed by atoms with Crippen LogP contribution in [0.15, 0.2) is 60.1 Å². The zero-order valence-electron chi connectivity index (χ0n) is 23.0. The molecular formula is C30H32ClN5O3S. The van der Waals surface area contributed by atoms with Crippen LogP contribution in [0.4, 0.5) is 0 Å². The summed E-state index contributed by atoms with van der Waals surface area (Å²) in [6, 6.07) is 15.0. The van der Waals surface area contributed by atoms with Gasteiger partial charge in [-0.15, -0.1) is 11.3 Å². The second-order valence-electron chi connectivity index (χ2n) is 10.2. The van der Waals surface area contributed by atoms with Crippen LogP contribution in [-0.4, -0.2) is 69.2 Å². The minimum absolute atomic E-state index is 0.0501. The molecule has 1 fully saturated rings. The maximum absolute atomic E-state index is 13.7. The maximum atomic E-state index is 13.7. The van der Waals surface area contributed by atoms with Crippen LogP contribution in [0.5, 0.6) is 5.75 Å². The third-order valence-corrected chi connectivity index (χ3v) is 8.21. The minimum atomic E-state index is -0.0955. The average Bonchev–Trinajstić information content (AvgIpc) is 3.61. The maximum Gasteiger partial charge on any atom is 0.257 e. The number of thiazole rings is 1. The van der Waals surface area contributed by atoms with Crippen molar-refractivity contribution in [2.75, 3.05) is 26.7 Å². The average molecular weight is 578 g/mol. The summed E-state index contributed by atoms with van der Waals surface area (Å²) in [7, 11) is 1.62. The summed E-state index contributed by atoms with van der Waals surface area (Å²) in [5, 5.41) is 7.95. The molecule has 0 saturated carbocycles. The molecule has 2 aromatic heterocycles. The van der Waals surface area contributed by atoms with Crippen molar-refractivity contribution in [3.8, 4) is 22.1 Å². The van der Waals surface area contributed by atoms with Gasteiger partial charge < -0.3 is 14.5 Å². The highest BCUT2D eigenvalue weighted by molar-refractivity contribution is 7.12. The highest BCUT2D eigenvalue weighted by Crippen LogP contribution is 2.30. The molecule has 1 aliphatic heterocycles. The van der Waals surface area contributed by atoms with E-state index in [0.29, 0.717) is 41.8 Å². The number of halogens is 1. The predicted molar refractivity (Wildman–Crippen MR) is 158 cm³/mol. The molecular weight excluding hydrogens is 546 g/mol. The Morgan fingerprint density at radius 1 is 1.10 bits per heavy atom. The molecule has 4 aromatic rings. The third kappa shape index (κ3) is 5.76. The first-order valence-corrected chi connectivity index (χ1v) is 14.5. The number of aromatic nitrogens is 3. The number of carbonyl (C=O) groups is 2. The number of carbonyl (C=O) groups excluding carboxylic acids is 2. The smallest absolute Gasteiger partial charge is 0.257 e. The van der Waals surface area contributed by atoms with Crippen LogP contribution in [0.3, 0.4) is 0 Å². The van der Waals surface area contributed by atoms with Gasteiger partial charge in [-0.05, 0) is 42.7 Å². The Hall–Kier alpha value is -3.69. The Bertz CT molecular complexity index is 1500. The minimum Gasteiger partial charge on any atom is -0.497 e. The van der Waals surface area contributed by atoms with Crippen molar-refractivity contribution >= 4 is 34.8 Å². The highest BCUT2D eigenvalue weighted by atomic mass is 35.5. The Balaban J connectivity index is 1.29. The topological polar surface area (TPSA) is 80.6 Å². The van der Waals surface area contributed by atoms with Gasteiger partial charge in [0.1, 0.15) is 5.75 Å². The molecule has 3 heterocycles. The third-order valence-electron chi connectivity index (χ3n) is 7.15. The summed E-state index contributed by atoms with van der Waals surface area (Å²) < 4.78 is 6.98. The quantitative estimate of drug-likeness (QED) is 0.282. The van der Waals surface area contributed by atoms with E-state index in [9.17, 15) is 9.59 Å². The van der Waals surface area contributed by atoms with Gasteiger partial charge in [0, 0.05) is 41.6 Å². The van der Waals surface area contributed by atoms with E-state index >= 15 is 0 Å². The SMILES string of the molecule is COc1ccc(CC(=O)N2CCN(C(=O)c3cnn(-c4nc(-c5ccc(Cl)cc5)cs4)c3C(C)C)CC2C)cc1. The lowest BCUT2D eigenvalue weighted by atomic mass is 10.0. The molecule has 0 N–H and O–H groups in total. The fourth-order valence-corrected chi connectivity index (χ4v) is 5.98. The zero-order valence-corrected chi connectivity index (χ0v) is 24.6. The number of amides is 2. The molecule has 208 valence electrons. The van der Waals surface area contributed by atoms with E-state index in [1.807, 2.05) is 70.6 Å². The molecule has 1 aliphatic rings. The van der Waals surface area contributed by atoms with Crippen molar-refractivity contribution in [2.45, 2.75) is 39.2 Å². The molecule has 5 rings (SSSR count). The summed E-state index contributed by atoms with van der Waals surface area (Å²) in [6.07, 6.45) is 1.96. The summed E-state index contributed by atoms with van der Waals surface area (Å²) in [6.45, 7) is 7.52. The van der Waals surface area contributed by atoms with Gasteiger partial charge in [0.2, 0.25) is 11.0 Å². The first kappa shape index (κ1) is 27.9. The molecule has 1 saturated heterocycles.